The minimum Gasteiger partial charge on any atom is -0.329 e. The van der Waals surface area contributed by atoms with Gasteiger partial charge in [-0.3, -0.25) is 9.58 Å². The lowest BCUT2D eigenvalue weighted by molar-refractivity contribution is 0.0859. The van der Waals surface area contributed by atoms with Crippen LogP contribution in [0.4, 0.5) is 0 Å². The second kappa shape index (κ2) is 7.05. The quantitative estimate of drug-likeness (QED) is 0.894. The Labute approximate surface area is 130 Å². The van der Waals surface area contributed by atoms with E-state index in [0.717, 1.165) is 31.7 Å². The number of hydrogen-bond acceptors (Lipinski definition) is 3. The molecule has 2 N–H and O–H groups in total. The minimum atomic E-state index is 0.510. The van der Waals surface area contributed by atoms with Gasteiger partial charge in [-0.25, -0.2) is 0 Å². The Morgan fingerprint density at radius 2 is 2.10 bits per heavy atom. The minimum absolute atomic E-state index is 0.510. The molecule has 20 heavy (non-hydrogen) atoms. The molecule has 2 unspecified atom stereocenters. The number of aromatic nitrogens is 2. The van der Waals surface area contributed by atoms with Crippen molar-refractivity contribution in [3.05, 3.63) is 15.9 Å². The average Bonchev–Trinajstić information content (AvgIpc) is 2.77. The summed E-state index contributed by atoms with van der Waals surface area (Å²) >= 11 is 3.75. The fourth-order valence-corrected chi connectivity index (χ4v) is 3.91. The molecule has 1 aromatic heterocycles. The van der Waals surface area contributed by atoms with Crippen LogP contribution in [0, 0.1) is 0 Å². The molecule has 2 atom stereocenters. The van der Waals surface area contributed by atoms with Crippen molar-refractivity contribution >= 4 is 15.9 Å². The summed E-state index contributed by atoms with van der Waals surface area (Å²) in [6.45, 7) is 9.26. The predicted octanol–water partition coefficient (Wildman–Crippen LogP) is 2.93. The molecule has 0 spiro atoms. The number of hydrogen-bond donors (Lipinski definition) is 1. The fraction of sp³-hybridized carbons (Fsp3) is 0.800. The predicted molar refractivity (Wildman–Crippen MR) is 86.7 cm³/mol. The van der Waals surface area contributed by atoms with Gasteiger partial charge in [-0.15, -0.1) is 0 Å². The maximum absolute atomic E-state index is 5.97. The zero-order valence-corrected chi connectivity index (χ0v) is 14.5. The Hall–Kier alpha value is -0.390. The molecule has 1 aliphatic heterocycles. The van der Waals surface area contributed by atoms with Crippen molar-refractivity contribution in [2.24, 2.45) is 5.73 Å². The highest BCUT2D eigenvalue weighted by molar-refractivity contribution is 9.10. The first-order chi connectivity index (χ1) is 9.62. The highest BCUT2D eigenvalue weighted by Gasteiger charge is 2.28. The summed E-state index contributed by atoms with van der Waals surface area (Å²) in [5.41, 5.74) is 8.44. The third-order valence-corrected chi connectivity index (χ3v) is 5.41. The van der Waals surface area contributed by atoms with Crippen LogP contribution in [0.3, 0.4) is 0 Å². The topological polar surface area (TPSA) is 47.1 Å². The first-order valence-corrected chi connectivity index (χ1v) is 8.61. The standard InChI is InChI=1S/C15H27BrN4/c1-4-13-15(16)14(20(5-2)18-13)10-19-11(3)7-6-8-12(19)9-17/h11-12H,4-10,17H2,1-3H3. The molecule has 0 saturated carbocycles. The van der Waals surface area contributed by atoms with Crippen molar-refractivity contribution in [2.45, 2.75) is 71.6 Å². The lowest BCUT2D eigenvalue weighted by atomic mass is 9.96. The molecule has 0 aromatic carbocycles. The van der Waals surface area contributed by atoms with E-state index in [2.05, 4.69) is 46.3 Å². The van der Waals surface area contributed by atoms with E-state index >= 15 is 0 Å². The number of rotatable bonds is 5. The molecular weight excluding hydrogens is 316 g/mol. The Balaban J connectivity index is 2.25. The van der Waals surface area contributed by atoms with Gasteiger partial charge in [0.25, 0.3) is 0 Å². The summed E-state index contributed by atoms with van der Waals surface area (Å²) in [6, 6.07) is 1.12. The van der Waals surface area contributed by atoms with E-state index in [4.69, 9.17) is 10.8 Å². The normalized spacial score (nSPS) is 24.2. The van der Waals surface area contributed by atoms with Crippen LogP contribution in [0.2, 0.25) is 0 Å². The van der Waals surface area contributed by atoms with Crippen molar-refractivity contribution in [1.29, 1.82) is 0 Å². The third-order valence-electron chi connectivity index (χ3n) is 4.49. The average molecular weight is 343 g/mol. The summed E-state index contributed by atoms with van der Waals surface area (Å²) in [5.74, 6) is 0. The third kappa shape index (κ3) is 3.10. The number of nitrogens with zero attached hydrogens (tertiary/aromatic N) is 3. The summed E-state index contributed by atoms with van der Waals surface area (Å²) in [4.78, 5) is 2.57. The summed E-state index contributed by atoms with van der Waals surface area (Å²) < 4.78 is 3.33. The maximum atomic E-state index is 5.97. The molecule has 1 aromatic rings. The van der Waals surface area contributed by atoms with Gasteiger partial charge in [0.1, 0.15) is 0 Å². The van der Waals surface area contributed by atoms with Crippen LogP contribution >= 0.6 is 15.9 Å². The van der Waals surface area contributed by atoms with Gasteiger partial charge in [0.2, 0.25) is 0 Å². The van der Waals surface area contributed by atoms with Crippen LogP contribution in [-0.4, -0.2) is 33.3 Å². The molecule has 1 saturated heterocycles. The second-order valence-corrected chi connectivity index (χ2v) is 6.51. The molecule has 1 fully saturated rings. The second-order valence-electron chi connectivity index (χ2n) is 5.72. The van der Waals surface area contributed by atoms with Crippen LogP contribution in [0.15, 0.2) is 4.47 Å². The molecule has 0 bridgehead atoms. The van der Waals surface area contributed by atoms with Crippen molar-refractivity contribution in [3.63, 3.8) is 0 Å². The Morgan fingerprint density at radius 1 is 1.35 bits per heavy atom. The molecular formula is C15H27BrN4. The Bertz CT molecular complexity index is 443. The Morgan fingerprint density at radius 3 is 2.70 bits per heavy atom. The van der Waals surface area contributed by atoms with Crippen molar-refractivity contribution in [3.8, 4) is 0 Å². The van der Waals surface area contributed by atoms with E-state index in [1.165, 1.54) is 29.4 Å². The van der Waals surface area contributed by atoms with Gasteiger partial charge < -0.3 is 5.73 Å². The van der Waals surface area contributed by atoms with Gasteiger partial charge in [-0.2, -0.15) is 5.10 Å². The van der Waals surface area contributed by atoms with E-state index in [9.17, 15) is 0 Å². The number of aryl methyl sites for hydroxylation is 2. The van der Waals surface area contributed by atoms with E-state index in [-0.39, 0.29) is 0 Å². The SMILES string of the molecule is CCc1nn(CC)c(CN2C(C)CCCC2CN)c1Br. The zero-order valence-electron chi connectivity index (χ0n) is 12.9. The van der Waals surface area contributed by atoms with Gasteiger partial charge in [0.05, 0.1) is 15.9 Å². The molecule has 4 nitrogen and oxygen atoms in total. The van der Waals surface area contributed by atoms with E-state index in [1.807, 2.05) is 0 Å². The van der Waals surface area contributed by atoms with Crippen molar-refractivity contribution in [2.75, 3.05) is 6.54 Å². The van der Waals surface area contributed by atoms with Gasteiger partial charge in [0, 0.05) is 31.7 Å². The smallest absolute Gasteiger partial charge is 0.0767 e. The molecule has 5 heteroatoms. The zero-order chi connectivity index (χ0) is 14.7. The molecule has 0 aliphatic carbocycles. The summed E-state index contributed by atoms with van der Waals surface area (Å²) in [7, 11) is 0. The van der Waals surface area contributed by atoms with Crippen molar-refractivity contribution in [1.82, 2.24) is 14.7 Å². The lowest BCUT2D eigenvalue weighted by Gasteiger charge is -2.40. The maximum Gasteiger partial charge on any atom is 0.0767 e. The first kappa shape index (κ1) is 16.0. The number of halogens is 1. The fourth-order valence-electron chi connectivity index (χ4n) is 3.22. The molecule has 114 valence electrons. The molecule has 1 aliphatic rings. The van der Waals surface area contributed by atoms with Crippen LogP contribution in [0.25, 0.3) is 0 Å². The van der Waals surface area contributed by atoms with Gasteiger partial charge in [-0.05, 0) is 49.0 Å². The molecule has 0 radical (unpaired) electrons. The van der Waals surface area contributed by atoms with Gasteiger partial charge >= 0.3 is 0 Å². The lowest BCUT2D eigenvalue weighted by Crippen LogP contribution is -2.48. The van der Waals surface area contributed by atoms with E-state index < -0.39 is 0 Å². The number of nitrogens with two attached hydrogens (primary N) is 1. The molecule has 2 rings (SSSR count). The highest BCUT2D eigenvalue weighted by atomic mass is 79.9. The molecule has 0 amide bonds. The van der Waals surface area contributed by atoms with Crippen LogP contribution in [-0.2, 0) is 19.5 Å². The highest BCUT2D eigenvalue weighted by Crippen LogP contribution is 2.29. The first-order valence-electron chi connectivity index (χ1n) is 7.82. The largest absolute Gasteiger partial charge is 0.329 e. The van der Waals surface area contributed by atoms with Gasteiger partial charge in [-0.1, -0.05) is 13.3 Å². The number of piperidine rings is 1. The van der Waals surface area contributed by atoms with Gasteiger partial charge in [0.15, 0.2) is 0 Å². The summed E-state index contributed by atoms with van der Waals surface area (Å²) in [6.07, 6.45) is 4.76. The summed E-state index contributed by atoms with van der Waals surface area (Å²) in [5, 5.41) is 4.70. The Kier molecular flexibility index (Phi) is 5.64. The van der Waals surface area contributed by atoms with E-state index in [0.29, 0.717) is 12.1 Å². The van der Waals surface area contributed by atoms with Crippen LogP contribution in [0.5, 0.6) is 0 Å². The number of likely N-dealkylation sites (tertiary alicyclic amines) is 1. The van der Waals surface area contributed by atoms with Crippen LogP contribution < -0.4 is 5.73 Å². The van der Waals surface area contributed by atoms with E-state index in [1.54, 1.807) is 0 Å². The molecule has 2 heterocycles. The van der Waals surface area contributed by atoms with Crippen molar-refractivity contribution < 1.29 is 0 Å². The monoisotopic (exact) mass is 342 g/mol. The van der Waals surface area contributed by atoms with Crippen LogP contribution in [0.1, 0.15) is 51.4 Å².